The molecule has 0 bridgehead atoms. The highest BCUT2D eigenvalue weighted by molar-refractivity contribution is 6.46. The average molecular weight is 422 g/mol. The lowest BCUT2D eigenvalue weighted by atomic mass is 9.95. The van der Waals surface area contributed by atoms with Gasteiger partial charge in [-0.1, -0.05) is 30.3 Å². The second-order valence-corrected chi connectivity index (χ2v) is 7.92. The van der Waals surface area contributed by atoms with E-state index in [-0.39, 0.29) is 11.3 Å². The fraction of sp³-hybridized carbons (Fsp3) is 0.333. The molecule has 2 aliphatic rings. The third-order valence-corrected chi connectivity index (χ3v) is 5.48. The van der Waals surface area contributed by atoms with Gasteiger partial charge in [0, 0.05) is 12.1 Å². The maximum atomic E-state index is 13.0. The highest BCUT2D eigenvalue weighted by Crippen LogP contribution is 2.41. The Morgan fingerprint density at radius 1 is 1.06 bits per heavy atom. The Morgan fingerprint density at radius 3 is 2.48 bits per heavy atom. The van der Waals surface area contributed by atoms with Crippen LogP contribution in [0.2, 0.25) is 0 Å². The van der Waals surface area contributed by atoms with Crippen molar-refractivity contribution in [3.8, 4) is 11.5 Å². The predicted molar refractivity (Wildman–Crippen MR) is 116 cm³/mol. The first-order chi connectivity index (χ1) is 15.0. The van der Waals surface area contributed by atoms with Gasteiger partial charge in [0.25, 0.3) is 11.7 Å². The van der Waals surface area contributed by atoms with E-state index in [9.17, 15) is 14.7 Å². The molecule has 0 aliphatic carbocycles. The molecule has 7 nitrogen and oxygen atoms in total. The van der Waals surface area contributed by atoms with Crippen LogP contribution in [0.5, 0.6) is 11.5 Å². The lowest BCUT2D eigenvalue weighted by Gasteiger charge is -2.26. The number of ketones is 1. The molecule has 0 spiro atoms. The van der Waals surface area contributed by atoms with Crippen LogP contribution in [0.25, 0.3) is 5.76 Å². The number of nitrogens with zero attached hydrogens (tertiary/aromatic N) is 2. The van der Waals surface area contributed by atoms with Crippen LogP contribution < -0.4 is 9.47 Å². The van der Waals surface area contributed by atoms with Gasteiger partial charge in [-0.3, -0.25) is 9.59 Å². The largest absolute Gasteiger partial charge is 0.507 e. The van der Waals surface area contributed by atoms with Crippen molar-refractivity contribution in [3.63, 3.8) is 0 Å². The maximum Gasteiger partial charge on any atom is 0.295 e. The summed E-state index contributed by atoms with van der Waals surface area (Å²) in [6, 6.07) is 13.7. The second-order valence-electron chi connectivity index (χ2n) is 7.92. The Balaban J connectivity index is 1.76. The van der Waals surface area contributed by atoms with Gasteiger partial charge >= 0.3 is 0 Å². The summed E-state index contributed by atoms with van der Waals surface area (Å²) in [6.07, 6.45) is 0.716. The van der Waals surface area contributed by atoms with Gasteiger partial charge in [-0.2, -0.15) is 0 Å². The summed E-state index contributed by atoms with van der Waals surface area (Å²) < 4.78 is 11.1. The maximum absolute atomic E-state index is 13.0. The third kappa shape index (κ3) is 4.14. The molecule has 1 saturated heterocycles. The molecular formula is C24H26N2O5. The zero-order valence-electron chi connectivity index (χ0n) is 17.7. The summed E-state index contributed by atoms with van der Waals surface area (Å²) >= 11 is 0. The summed E-state index contributed by atoms with van der Waals surface area (Å²) in [6.45, 7) is 2.08. The molecule has 2 aromatic carbocycles. The molecule has 2 aliphatic heterocycles. The van der Waals surface area contributed by atoms with Crippen LogP contribution in [0, 0.1) is 0 Å². The quantitative estimate of drug-likeness (QED) is 0.438. The first-order valence-corrected chi connectivity index (χ1v) is 10.4. The van der Waals surface area contributed by atoms with Gasteiger partial charge in [-0.25, -0.2) is 0 Å². The number of aliphatic hydroxyl groups is 1. The van der Waals surface area contributed by atoms with Crippen LogP contribution in [-0.2, 0) is 9.59 Å². The van der Waals surface area contributed by atoms with E-state index >= 15 is 0 Å². The molecule has 162 valence electrons. The first-order valence-electron chi connectivity index (χ1n) is 10.4. The first kappa shape index (κ1) is 20.9. The lowest BCUT2D eigenvalue weighted by molar-refractivity contribution is -0.139. The standard InChI is InChI=1S/C24H26N2O5/c1-25(2)11-6-12-26-21(16-7-4-3-5-8-16)20(23(28)24(26)29)22(27)17-9-10-18-19(15-17)31-14-13-30-18/h3-5,7-10,15,21,27H,6,11-14H2,1-2H3/b22-20+/t21-/m1/s1. The van der Waals surface area contributed by atoms with Gasteiger partial charge in [0.2, 0.25) is 0 Å². The van der Waals surface area contributed by atoms with E-state index in [4.69, 9.17) is 9.47 Å². The number of carbonyl (C=O) groups is 2. The summed E-state index contributed by atoms with van der Waals surface area (Å²) in [4.78, 5) is 29.5. The molecule has 2 heterocycles. The summed E-state index contributed by atoms with van der Waals surface area (Å²) in [5.74, 6) is -0.379. The molecule has 1 N–H and O–H groups in total. The molecule has 1 atom stereocenters. The molecule has 1 fully saturated rings. The molecule has 0 saturated carbocycles. The average Bonchev–Trinajstić information content (AvgIpc) is 3.03. The van der Waals surface area contributed by atoms with Crippen molar-refractivity contribution in [3.05, 3.63) is 65.2 Å². The zero-order valence-corrected chi connectivity index (χ0v) is 17.7. The predicted octanol–water partition coefficient (Wildman–Crippen LogP) is 2.83. The number of aliphatic hydroxyl groups excluding tert-OH is 1. The Morgan fingerprint density at radius 2 is 1.77 bits per heavy atom. The number of benzene rings is 2. The van der Waals surface area contributed by atoms with Gasteiger partial charge in [0.15, 0.2) is 11.5 Å². The summed E-state index contributed by atoms with van der Waals surface area (Å²) in [5.41, 5.74) is 1.29. The lowest BCUT2D eigenvalue weighted by Crippen LogP contribution is -2.32. The molecule has 0 aromatic heterocycles. The Kier molecular flexibility index (Phi) is 5.95. The van der Waals surface area contributed by atoms with E-state index in [1.165, 1.54) is 0 Å². The highest BCUT2D eigenvalue weighted by Gasteiger charge is 2.45. The van der Waals surface area contributed by atoms with Crippen molar-refractivity contribution >= 4 is 17.4 Å². The molecule has 0 unspecified atom stereocenters. The minimum Gasteiger partial charge on any atom is -0.507 e. The van der Waals surface area contributed by atoms with Crippen molar-refractivity contribution in [1.29, 1.82) is 0 Å². The number of hydrogen-bond acceptors (Lipinski definition) is 6. The molecule has 7 heteroatoms. The van der Waals surface area contributed by atoms with Gasteiger partial charge in [-0.05, 0) is 50.8 Å². The smallest absolute Gasteiger partial charge is 0.295 e. The van der Waals surface area contributed by atoms with Gasteiger partial charge < -0.3 is 24.4 Å². The SMILES string of the molecule is CN(C)CCCN1C(=O)C(=O)/C(=C(/O)c2ccc3c(c2)OCCO3)[C@H]1c1ccccc1. The van der Waals surface area contributed by atoms with Crippen LogP contribution in [0.1, 0.15) is 23.6 Å². The number of fused-ring (bicyclic) bond motifs is 1. The Hall–Kier alpha value is -3.32. The van der Waals surface area contributed by atoms with Crippen molar-refractivity contribution in [2.75, 3.05) is 40.4 Å². The monoisotopic (exact) mass is 422 g/mol. The van der Waals surface area contributed by atoms with E-state index in [1.807, 2.05) is 49.3 Å². The van der Waals surface area contributed by atoms with Crippen LogP contribution in [0.3, 0.4) is 0 Å². The van der Waals surface area contributed by atoms with Crippen molar-refractivity contribution in [1.82, 2.24) is 9.80 Å². The van der Waals surface area contributed by atoms with Crippen LogP contribution in [-0.4, -0.2) is 67.0 Å². The number of rotatable bonds is 6. The number of ether oxygens (including phenoxy) is 2. The van der Waals surface area contributed by atoms with E-state index in [2.05, 4.69) is 0 Å². The summed E-state index contributed by atoms with van der Waals surface area (Å²) in [5, 5.41) is 11.1. The van der Waals surface area contributed by atoms with Gasteiger partial charge in [0.1, 0.15) is 19.0 Å². The molecule has 0 radical (unpaired) electrons. The van der Waals surface area contributed by atoms with E-state index in [0.29, 0.717) is 43.2 Å². The van der Waals surface area contributed by atoms with E-state index in [0.717, 1.165) is 12.1 Å². The minimum atomic E-state index is -0.675. The van der Waals surface area contributed by atoms with Crippen LogP contribution in [0.4, 0.5) is 0 Å². The van der Waals surface area contributed by atoms with Gasteiger partial charge in [-0.15, -0.1) is 0 Å². The van der Waals surface area contributed by atoms with Crippen molar-refractivity contribution in [2.45, 2.75) is 12.5 Å². The third-order valence-electron chi connectivity index (χ3n) is 5.48. The van der Waals surface area contributed by atoms with Crippen molar-refractivity contribution < 1.29 is 24.2 Å². The molecule has 2 aromatic rings. The molecule has 4 rings (SSSR count). The fourth-order valence-electron chi connectivity index (χ4n) is 4.00. The van der Waals surface area contributed by atoms with Crippen LogP contribution in [0.15, 0.2) is 54.1 Å². The van der Waals surface area contributed by atoms with E-state index in [1.54, 1.807) is 23.1 Å². The van der Waals surface area contributed by atoms with E-state index < -0.39 is 17.7 Å². The molecule has 1 amide bonds. The number of likely N-dealkylation sites (tertiary alicyclic amines) is 1. The molecular weight excluding hydrogens is 396 g/mol. The Labute approximate surface area is 181 Å². The van der Waals surface area contributed by atoms with Crippen LogP contribution >= 0.6 is 0 Å². The zero-order chi connectivity index (χ0) is 22.0. The highest BCUT2D eigenvalue weighted by atomic mass is 16.6. The number of Topliss-reactive ketones (excluding diaryl/α,β-unsaturated/α-hetero) is 1. The second kappa shape index (κ2) is 8.81. The number of hydrogen-bond donors (Lipinski definition) is 1. The topological polar surface area (TPSA) is 79.3 Å². The van der Waals surface area contributed by atoms with Crippen molar-refractivity contribution in [2.24, 2.45) is 0 Å². The minimum absolute atomic E-state index is 0.0951. The Bertz CT molecular complexity index is 1020. The normalized spacial score (nSPS) is 19.8. The number of amides is 1. The summed E-state index contributed by atoms with van der Waals surface area (Å²) in [7, 11) is 3.93. The van der Waals surface area contributed by atoms with Gasteiger partial charge in [0.05, 0.1) is 11.6 Å². The number of carbonyl (C=O) groups excluding carboxylic acids is 2. The fourth-order valence-corrected chi connectivity index (χ4v) is 4.00. The molecule has 31 heavy (non-hydrogen) atoms.